The molecule has 3 nitrogen and oxygen atoms in total. The summed E-state index contributed by atoms with van der Waals surface area (Å²) in [5.41, 5.74) is 6.14. The van der Waals surface area contributed by atoms with Gasteiger partial charge in [-0.25, -0.2) is 0 Å². The minimum Gasteiger partial charge on any atom is -0.473 e. The van der Waals surface area contributed by atoms with Gasteiger partial charge in [0.05, 0.1) is 0 Å². The van der Waals surface area contributed by atoms with Crippen LogP contribution in [0.2, 0.25) is 0 Å². The molecule has 2 rings (SSSR count). The third-order valence-corrected chi connectivity index (χ3v) is 3.19. The van der Waals surface area contributed by atoms with Crippen LogP contribution in [0.1, 0.15) is 18.1 Å². The lowest BCUT2D eigenvalue weighted by molar-refractivity contribution is -0.132. The van der Waals surface area contributed by atoms with Gasteiger partial charge in [0.25, 0.3) is 5.91 Å². The van der Waals surface area contributed by atoms with Crippen LogP contribution < -0.4 is 10.5 Å². The first kappa shape index (κ1) is 13.1. The van der Waals surface area contributed by atoms with Gasteiger partial charge in [-0.15, -0.1) is 0 Å². The Balaban J connectivity index is 2.45. The molecule has 0 saturated heterocycles. The molecule has 0 fully saturated rings. The van der Waals surface area contributed by atoms with Crippen molar-refractivity contribution in [1.29, 1.82) is 0 Å². The first-order valence-electron chi connectivity index (χ1n) is 6.14. The maximum atomic E-state index is 11.9. The van der Waals surface area contributed by atoms with Crippen LogP contribution >= 0.6 is 0 Å². The van der Waals surface area contributed by atoms with Crippen molar-refractivity contribution < 1.29 is 9.53 Å². The molecule has 1 amide bonds. The molecular formula is C16H17NO2. The van der Waals surface area contributed by atoms with Gasteiger partial charge in [0.2, 0.25) is 5.60 Å². The monoisotopic (exact) mass is 255 g/mol. The lowest BCUT2D eigenvalue weighted by Crippen LogP contribution is -2.44. The van der Waals surface area contributed by atoms with E-state index in [4.69, 9.17) is 10.5 Å². The highest BCUT2D eigenvalue weighted by Gasteiger charge is 2.36. The number of para-hydroxylation sites is 1. The van der Waals surface area contributed by atoms with Crippen LogP contribution in [0.4, 0.5) is 0 Å². The number of benzene rings is 2. The molecule has 2 aromatic rings. The number of carbonyl (C=O) groups is 1. The molecule has 0 saturated carbocycles. The number of rotatable bonds is 4. The smallest absolute Gasteiger partial charge is 0.266 e. The second-order valence-corrected chi connectivity index (χ2v) is 4.63. The maximum absolute atomic E-state index is 11.9. The van der Waals surface area contributed by atoms with E-state index in [2.05, 4.69) is 0 Å². The van der Waals surface area contributed by atoms with Gasteiger partial charge < -0.3 is 10.5 Å². The van der Waals surface area contributed by atoms with Crippen molar-refractivity contribution in [1.82, 2.24) is 0 Å². The summed E-state index contributed by atoms with van der Waals surface area (Å²) in [6.07, 6.45) is 0. The van der Waals surface area contributed by atoms with Crippen molar-refractivity contribution in [3.63, 3.8) is 0 Å². The van der Waals surface area contributed by atoms with Crippen LogP contribution in [0.25, 0.3) is 0 Å². The molecule has 0 spiro atoms. The number of hydrogen-bond donors (Lipinski definition) is 1. The first-order valence-corrected chi connectivity index (χ1v) is 6.14. The molecule has 19 heavy (non-hydrogen) atoms. The van der Waals surface area contributed by atoms with E-state index in [1.54, 1.807) is 19.1 Å². The van der Waals surface area contributed by atoms with Gasteiger partial charge in [-0.1, -0.05) is 42.5 Å². The van der Waals surface area contributed by atoms with E-state index in [9.17, 15) is 4.79 Å². The van der Waals surface area contributed by atoms with Crippen molar-refractivity contribution >= 4 is 5.91 Å². The molecule has 1 unspecified atom stereocenters. The van der Waals surface area contributed by atoms with E-state index in [1.165, 1.54) is 0 Å². The lowest BCUT2D eigenvalue weighted by atomic mass is 9.91. The van der Waals surface area contributed by atoms with Crippen molar-refractivity contribution in [2.45, 2.75) is 19.4 Å². The van der Waals surface area contributed by atoms with Crippen LogP contribution in [0, 0.1) is 6.92 Å². The predicted octanol–water partition coefficient (Wildman–Crippen LogP) is 2.77. The molecule has 2 N–H and O–H groups in total. The normalized spacial score (nSPS) is 13.6. The summed E-state index contributed by atoms with van der Waals surface area (Å²) in [6, 6.07) is 16.8. The van der Waals surface area contributed by atoms with Gasteiger partial charge >= 0.3 is 0 Å². The van der Waals surface area contributed by atoms with Crippen LogP contribution in [0.15, 0.2) is 54.6 Å². The fraction of sp³-hybridized carbons (Fsp3) is 0.188. The minimum absolute atomic E-state index is 0.509. The molecule has 0 aliphatic heterocycles. The molecule has 0 bridgehead atoms. The fourth-order valence-corrected chi connectivity index (χ4v) is 2.07. The second kappa shape index (κ2) is 5.14. The number of aryl methyl sites for hydroxylation is 1. The molecular weight excluding hydrogens is 238 g/mol. The quantitative estimate of drug-likeness (QED) is 0.913. The largest absolute Gasteiger partial charge is 0.473 e. The van der Waals surface area contributed by atoms with E-state index in [1.807, 2.05) is 49.4 Å². The summed E-state index contributed by atoms with van der Waals surface area (Å²) in [6.45, 7) is 3.63. The topological polar surface area (TPSA) is 52.3 Å². The van der Waals surface area contributed by atoms with Gasteiger partial charge in [-0.2, -0.15) is 0 Å². The SMILES string of the molecule is Cc1ccccc1C(C)(Oc1ccccc1)C(N)=O. The second-order valence-electron chi connectivity index (χ2n) is 4.63. The number of nitrogens with two attached hydrogens (primary N) is 1. The van der Waals surface area contributed by atoms with Gasteiger partial charge in [-0.3, -0.25) is 4.79 Å². The molecule has 0 aliphatic rings. The molecule has 0 heterocycles. The van der Waals surface area contributed by atoms with Crippen molar-refractivity contribution in [2.75, 3.05) is 0 Å². The highest BCUT2D eigenvalue weighted by molar-refractivity contribution is 5.85. The van der Waals surface area contributed by atoms with Gasteiger partial charge in [-0.05, 0) is 31.5 Å². The molecule has 2 aromatic carbocycles. The Morgan fingerprint density at radius 2 is 1.63 bits per heavy atom. The first-order chi connectivity index (χ1) is 9.04. The molecule has 0 aromatic heterocycles. The molecule has 3 heteroatoms. The zero-order valence-electron chi connectivity index (χ0n) is 11.1. The Labute approximate surface area is 113 Å². The van der Waals surface area contributed by atoms with Crippen LogP contribution in [0.3, 0.4) is 0 Å². The summed E-state index contributed by atoms with van der Waals surface area (Å²) in [4.78, 5) is 11.9. The average molecular weight is 255 g/mol. The van der Waals surface area contributed by atoms with E-state index in [0.717, 1.165) is 11.1 Å². The summed E-state index contributed by atoms with van der Waals surface area (Å²) in [5.74, 6) is 0.109. The summed E-state index contributed by atoms with van der Waals surface area (Å²) in [7, 11) is 0. The maximum Gasteiger partial charge on any atom is 0.266 e. The standard InChI is InChI=1S/C16H17NO2/c1-12-8-6-7-11-14(12)16(2,15(17)18)19-13-9-4-3-5-10-13/h3-11H,1-2H3,(H2,17,18). The zero-order chi connectivity index (χ0) is 13.9. The summed E-state index contributed by atoms with van der Waals surface area (Å²) >= 11 is 0. The Morgan fingerprint density at radius 1 is 1.05 bits per heavy atom. The average Bonchev–Trinajstić information content (AvgIpc) is 2.40. The molecule has 0 radical (unpaired) electrons. The lowest BCUT2D eigenvalue weighted by Gasteiger charge is -2.29. The number of primary amides is 1. The highest BCUT2D eigenvalue weighted by atomic mass is 16.5. The van der Waals surface area contributed by atoms with Gasteiger partial charge in [0.15, 0.2) is 0 Å². The van der Waals surface area contributed by atoms with Gasteiger partial charge in [0, 0.05) is 5.56 Å². The Morgan fingerprint density at radius 3 is 2.21 bits per heavy atom. The number of hydrogen-bond acceptors (Lipinski definition) is 2. The Kier molecular flexibility index (Phi) is 3.56. The van der Waals surface area contributed by atoms with E-state index >= 15 is 0 Å². The predicted molar refractivity (Wildman–Crippen MR) is 74.8 cm³/mol. The van der Waals surface area contributed by atoms with Crippen molar-refractivity contribution in [3.05, 3.63) is 65.7 Å². The van der Waals surface area contributed by atoms with Crippen molar-refractivity contribution in [2.24, 2.45) is 5.73 Å². The van der Waals surface area contributed by atoms with E-state index in [-0.39, 0.29) is 0 Å². The van der Waals surface area contributed by atoms with Crippen LogP contribution in [0.5, 0.6) is 5.75 Å². The molecule has 98 valence electrons. The number of ether oxygens (including phenoxy) is 1. The third-order valence-electron chi connectivity index (χ3n) is 3.19. The minimum atomic E-state index is -1.17. The highest BCUT2D eigenvalue weighted by Crippen LogP contribution is 2.29. The van der Waals surface area contributed by atoms with Gasteiger partial charge in [0.1, 0.15) is 5.75 Å². The zero-order valence-corrected chi connectivity index (χ0v) is 11.1. The third kappa shape index (κ3) is 2.60. The van der Waals surface area contributed by atoms with Crippen LogP contribution in [-0.4, -0.2) is 5.91 Å². The molecule has 0 aliphatic carbocycles. The van der Waals surface area contributed by atoms with E-state index in [0.29, 0.717) is 5.75 Å². The number of carbonyl (C=O) groups excluding carboxylic acids is 1. The van der Waals surface area contributed by atoms with E-state index < -0.39 is 11.5 Å². The number of amides is 1. The summed E-state index contributed by atoms with van der Waals surface area (Å²) in [5, 5.41) is 0. The summed E-state index contributed by atoms with van der Waals surface area (Å²) < 4.78 is 5.86. The Bertz CT molecular complexity index is 580. The van der Waals surface area contributed by atoms with Crippen LogP contribution in [-0.2, 0) is 10.4 Å². The van der Waals surface area contributed by atoms with Crippen molar-refractivity contribution in [3.8, 4) is 5.75 Å². The molecule has 1 atom stereocenters. The Hall–Kier alpha value is -2.29. The fourth-order valence-electron chi connectivity index (χ4n) is 2.07.